The third kappa shape index (κ3) is 5.81. The van der Waals surface area contributed by atoms with E-state index in [1.165, 1.54) is 38.5 Å². The summed E-state index contributed by atoms with van der Waals surface area (Å²) in [5.74, 6) is 1.91. The largest absolute Gasteiger partial charge is 0.396 e. The van der Waals surface area contributed by atoms with Gasteiger partial charge in [0.05, 0.1) is 12.2 Å². The van der Waals surface area contributed by atoms with Crippen LogP contribution in [0.15, 0.2) is 0 Å². The maximum atomic E-state index is 12.4. The van der Waals surface area contributed by atoms with Gasteiger partial charge in [-0.1, -0.05) is 12.8 Å². The third-order valence-corrected chi connectivity index (χ3v) is 6.71. The van der Waals surface area contributed by atoms with Crippen LogP contribution in [0.25, 0.3) is 0 Å². The Morgan fingerprint density at radius 2 is 1.80 bits per heavy atom. The summed E-state index contributed by atoms with van der Waals surface area (Å²) in [6.45, 7) is 1.94. The Balaban J connectivity index is 1.34. The first-order valence-electron chi connectivity index (χ1n) is 10.2. The number of hydrogen-bond donors (Lipinski definition) is 4. The van der Waals surface area contributed by atoms with Gasteiger partial charge in [0.2, 0.25) is 5.91 Å². The molecule has 1 amide bonds. The Morgan fingerprint density at radius 1 is 1.00 bits per heavy atom. The lowest BCUT2D eigenvalue weighted by Gasteiger charge is -2.35. The van der Waals surface area contributed by atoms with Gasteiger partial charge in [-0.3, -0.25) is 10.1 Å². The molecule has 0 bridgehead atoms. The molecule has 25 heavy (non-hydrogen) atoms. The summed E-state index contributed by atoms with van der Waals surface area (Å²) in [7, 11) is 0. The molecule has 0 spiro atoms. The van der Waals surface area contributed by atoms with Gasteiger partial charge >= 0.3 is 0 Å². The van der Waals surface area contributed by atoms with E-state index in [0.717, 1.165) is 44.2 Å². The smallest absolute Gasteiger partial charge is 0.238 e. The van der Waals surface area contributed by atoms with E-state index in [1.54, 1.807) is 0 Å². The molecule has 0 aromatic rings. The van der Waals surface area contributed by atoms with E-state index in [0.29, 0.717) is 11.3 Å². The number of alkyl halides is 1. The Morgan fingerprint density at radius 3 is 2.44 bits per heavy atom. The maximum absolute atomic E-state index is 12.4. The molecule has 3 fully saturated rings. The Hall–Kier alpha value is -0.360. The summed E-state index contributed by atoms with van der Waals surface area (Å²) in [5.41, 5.74) is 0. The van der Waals surface area contributed by atoms with Gasteiger partial charge in [0.25, 0.3) is 0 Å². The highest BCUT2D eigenvalue weighted by Crippen LogP contribution is 2.33. The quantitative estimate of drug-likeness (QED) is 0.557. The van der Waals surface area contributed by atoms with Gasteiger partial charge in [0, 0.05) is 18.5 Å². The summed E-state index contributed by atoms with van der Waals surface area (Å²) >= 11 is 6.32. The van der Waals surface area contributed by atoms with E-state index in [9.17, 15) is 9.90 Å². The molecule has 0 aromatic heterocycles. The first kappa shape index (κ1) is 19.4. The molecule has 1 aliphatic carbocycles. The molecule has 144 valence electrons. The number of carbonyl (C=O) groups is 1. The van der Waals surface area contributed by atoms with E-state index in [2.05, 4.69) is 16.0 Å². The van der Waals surface area contributed by atoms with Crippen molar-refractivity contribution < 1.29 is 9.90 Å². The second kappa shape index (κ2) is 9.54. The number of nitrogens with one attached hydrogen (secondary N) is 3. The van der Waals surface area contributed by atoms with Gasteiger partial charge in [-0.25, -0.2) is 0 Å². The lowest BCUT2D eigenvalue weighted by molar-refractivity contribution is -0.125. The molecule has 6 atom stereocenters. The zero-order valence-corrected chi connectivity index (χ0v) is 15.9. The van der Waals surface area contributed by atoms with E-state index in [-0.39, 0.29) is 24.7 Å². The predicted molar refractivity (Wildman–Crippen MR) is 100 cm³/mol. The van der Waals surface area contributed by atoms with Crippen LogP contribution in [0.5, 0.6) is 0 Å². The topological polar surface area (TPSA) is 73.4 Å². The van der Waals surface area contributed by atoms with Crippen LogP contribution in [0.4, 0.5) is 0 Å². The van der Waals surface area contributed by atoms with Crippen molar-refractivity contribution in [2.75, 3.05) is 19.7 Å². The highest BCUT2D eigenvalue weighted by molar-refractivity contribution is 6.20. The van der Waals surface area contributed by atoms with Crippen LogP contribution in [0, 0.1) is 17.8 Å². The fourth-order valence-electron chi connectivity index (χ4n) is 4.72. The first-order valence-corrected chi connectivity index (χ1v) is 10.6. The van der Waals surface area contributed by atoms with E-state index >= 15 is 0 Å². The Bertz CT molecular complexity index is 421. The van der Waals surface area contributed by atoms with E-state index in [1.807, 2.05) is 0 Å². The number of halogens is 1. The number of aliphatic hydroxyl groups is 1. The molecule has 6 heteroatoms. The highest BCUT2D eigenvalue weighted by Gasteiger charge is 2.30. The molecule has 2 heterocycles. The average molecular weight is 372 g/mol. The number of aliphatic hydroxyl groups excluding tert-OH is 1. The molecule has 5 nitrogen and oxygen atoms in total. The molecule has 4 N–H and O–H groups in total. The predicted octanol–water partition coefficient (Wildman–Crippen LogP) is 1.98. The number of hydrogen-bond acceptors (Lipinski definition) is 4. The third-order valence-electron chi connectivity index (χ3n) is 6.31. The van der Waals surface area contributed by atoms with Crippen molar-refractivity contribution in [1.29, 1.82) is 0 Å². The molecule has 0 radical (unpaired) electrons. The normalized spacial score (nSPS) is 39.8. The summed E-state index contributed by atoms with van der Waals surface area (Å²) in [6, 6.07) is -0.106. The summed E-state index contributed by atoms with van der Waals surface area (Å²) < 4.78 is 0. The van der Waals surface area contributed by atoms with Gasteiger partial charge < -0.3 is 15.7 Å². The van der Waals surface area contributed by atoms with Crippen molar-refractivity contribution in [3.05, 3.63) is 0 Å². The van der Waals surface area contributed by atoms with Crippen LogP contribution in [0.2, 0.25) is 0 Å². The average Bonchev–Trinajstić information content (AvgIpc) is 2.63. The molecular weight excluding hydrogens is 338 g/mol. The SMILES string of the molecule is O=C(NC1CCC(CC2CCCC(Cl)C2)CN1)C1CCC(CO)CN1. The van der Waals surface area contributed by atoms with Gasteiger partial charge in [0.15, 0.2) is 0 Å². The second-order valence-corrected chi connectivity index (χ2v) is 8.98. The summed E-state index contributed by atoms with van der Waals surface area (Å²) in [6.07, 6.45) is 10.3. The van der Waals surface area contributed by atoms with Crippen LogP contribution >= 0.6 is 11.6 Å². The molecule has 3 aliphatic rings. The fourth-order valence-corrected chi connectivity index (χ4v) is 5.12. The second-order valence-electron chi connectivity index (χ2n) is 8.37. The van der Waals surface area contributed by atoms with Crippen molar-refractivity contribution in [1.82, 2.24) is 16.0 Å². The fraction of sp³-hybridized carbons (Fsp3) is 0.947. The number of piperidine rings is 2. The van der Waals surface area contributed by atoms with Crippen molar-refractivity contribution in [3.8, 4) is 0 Å². The lowest BCUT2D eigenvalue weighted by atomic mass is 9.80. The standard InChI is InChI=1S/C19H34ClN3O2/c20-16-3-1-2-13(9-16)8-14-5-7-18(22-10-14)23-19(25)17-6-4-15(12-24)11-21-17/h13-18,21-22,24H,1-12H2,(H,23,25). The zero-order valence-electron chi connectivity index (χ0n) is 15.2. The van der Waals surface area contributed by atoms with Crippen molar-refractivity contribution in [3.63, 3.8) is 0 Å². The lowest BCUT2D eigenvalue weighted by Crippen LogP contribution is -2.56. The maximum Gasteiger partial charge on any atom is 0.238 e. The van der Waals surface area contributed by atoms with Crippen LogP contribution in [0.3, 0.4) is 0 Å². The minimum Gasteiger partial charge on any atom is -0.396 e. The van der Waals surface area contributed by atoms with Gasteiger partial charge in [-0.05, 0) is 69.2 Å². The molecule has 2 saturated heterocycles. The number of amides is 1. The zero-order chi connectivity index (χ0) is 17.6. The van der Waals surface area contributed by atoms with Crippen LogP contribution in [-0.2, 0) is 4.79 Å². The van der Waals surface area contributed by atoms with Crippen LogP contribution in [0.1, 0.15) is 57.8 Å². The number of carbonyl (C=O) groups excluding carboxylic acids is 1. The van der Waals surface area contributed by atoms with Crippen LogP contribution < -0.4 is 16.0 Å². The molecular formula is C19H34ClN3O2. The van der Waals surface area contributed by atoms with Crippen molar-refractivity contribution >= 4 is 17.5 Å². The summed E-state index contributed by atoms with van der Waals surface area (Å²) in [5, 5.41) is 19.5. The van der Waals surface area contributed by atoms with Gasteiger partial charge in [-0.15, -0.1) is 11.6 Å². The van der Waals surface area contributed by atoms with Crippen LogP contribution in [-0.4, -0.2) is 48.3 Å². The minimum absolute atomic E-state index is 0.101. The summed E-state index contributed by atoms with van der Waals surface area (Å²) in [4.78, 5) is 12.4. The molecule has 2 aliphatic heterocycles. The Labute approximate surface area is 156 Å². The molecule has 0 aromatic carbocycles. The number of rotatable bonds is 5. The first-order chi connectivity index (χ1) is 12.1. The van der Waals surface area contributed by atoms with Gasteiger partial charge in [0.1, 0.15) is 0 Å². The molecule has 1 saturated carbocycles. The molecule has 6 unspecified atom stereocenters. The van der Waals surface area contributed by atoms with E-state index < -0.39 is 0 Å². The van der Waals surface area contributed by atoms with E-state index in [4.69, 9.17) is 11.6 Å². The minimum atomic E-state index is -0.106. The molecule has 3 rings (SSSR count). The highest BCUT2D eigenvalue weighted by atomic mass is 35.5. The Kier molecular flexibility index (Phi) is 7.40. The van der Waals surface area contributed by atoms with Gasteiger partial charge in [-0.2, -0.15) is 0 Å². The monoisotopic (exact) mass is 371 g/mol. The van der Waals surface area contributed by atoms with Crippen molar-refractivity contribution in [2.24, 2.45) is 17.8 Å². The van der Waals surface area contributed by atoms with Crippen molar-refractivity contribution in [2.45, 2.75) is 75.4 Å².